The van der Waals surface area contributed by atoms with Gasteiger partial charge in [-0.1, -0.05) is 13.0 Å². The minimum atomic E-state index is 0.419. The topological polar surface area (TPSA) is 28.4 Å². The Morgan fingerprint density at radius 3 is 3.00 bits per heavy atom. The van der Waals surface area contributed by atoms with Gasteiger partial charge in [-0.05, 0) is 38.0 Å². The van der Waals surface area contributed by atoms with Crippen LogP contribution in [0.4, 0.5) is 0 Å². The number of hydrogen-bond acceptors (Lipinski definition) is 4. The molecule has 2 aromatic rings. The summed E-state index contributed by atoms with van der Waals surface area (Å²) in [6, 6.07) is 6.85. The summed E-state index contributed by atoms with van der Waals surface area (Å²) in [5, 5.41) is 5.43. The van der Waals surface area contributed by atoms with E-state index in [1.54, 1.807) is 11.3 Å². The Hall–Kier alpha value is -1.10. The van der Waals surface area contributed by atoms with Crippen LogP contribution in [0.2, 0.25) is 0 Å². The molecule has 0 aromatic carbocycles. The first-order chi connectivity index (χ1) is 9.20. The van der Waals surface area contributed by atoms with Crippen molar-refractivity contribution < 1.29 is 4.42 Å². The highest BCUT2D eigenvalue weighted by Crippen LogP contribution is 2.25. The predicted molar refractivity (Wildman–Crippen MR) is 80.3 cm³/mol. The number of thiophene rings is 1. The van der Waals surface area contributed by atoms with Crippen LogP contribution in [0.1, 0.15) is 36.1 Å². The van der Waals surface area contributed by atoms with Gasteiger partial charge in [0.15, 0.2) is 0 Å². The van der Waals surface area contributed by atoms with Crippen molar-refractivity contribution in [2.75, 3.05) is 13.6 Å². The van der Waals surface area contributed by atoms with Gasteiger partial charge in [-0.3, -0.25) is 4.90 Å². The number of nitrogens with zero attached hydrogens (tertiary/aromatic N) is 1. The summed E-state index contributed by atoms with van der Waals surface area (Å²) in [4.78, 5) is 3.70. The van der Waals surface area contributed by atoms with E-state index in [-0.39, 0.29) is 0 Å². The van der Waals surface area contributed by atoms with E-state index in [9.17, 15) is 0 Å². The van der Waals surface area contributed by atoms with Crippen molar-refractivity contribution in [1.82, 2.24) is 10.2 Å². The van der Waals surface area contributed by atoms with Gasteiger partial charge in [-0.2, -0.15) is 0 Å². The summed E-state index contributed by atoms with van der Waals surface area (Å²) >= 11 is 1.80. The van der Waals surface area contributed by atoms with Crippen LogP contribution in [-0.2, 0) is 13.1 Å². The average molecular weight is 278 g/mol. The molecule has 0 aliphatic rings. The van der Waals surface area contributed by atoms with E-state index >= 15 is 0 Å². The molecule has 0 aliphatic carbocycles. The van der Waals surface area contributed by atoms with Gasteiger partial charge < -0.3 is 9.73 Å². The smallest absolute Gasteiger partial charge is 0.118 e. The average Bonchev–Trinajstić information content (AvgIpc) is 3.06. The number of furan rings is 1. The number of nitrogens with one attached hydrogen (secondary N) is 1. The fourth-order valence-electron chi connectivity index (χ4n) is 2.00. The first-order valence-corrected chi connectivity index (χ1v) is 7.59. The molecule has 0 fully saturated rings. The Bertz CT molecular complexity index is 478. The molecule has 2 heterocycles. The fraction of sp³-hybridized carbons (Fsp3) is 0.467. The second kappa shape index (κ2) is 6.89. The van der Waals surface area contributed by atoms with Crippen molar-refractivity contribution in [2.24, 2.45) is 0 Å². The molecule has 0 radical (unpaired) electrons. The van der Waals surface area contributed by atoms with E-state index < -0.39 is 0 Å². The van der Waals surface area contributed by atoms with Crippen molar-refractivity contribution >= 4 is 11.3 Å². The lowest BCUT2D eigenvalue weighted by atomic mass is 10.2. The monoisotopic (exact) mass is 278 g/mol. The van der Waals surface area contributed by atoms with Gasteiger partial charge in [0.25, 0.3) is 0 Å². The van der Waals surface area contributed by atoms with Crippen molar-refractivity contribution in [3.63, 3.8) is 0 Å². The second-order valence-electron chi connectivity index (χ2n) is 4.81. The van der Waals surface area contributed by atoms with E-state index in [4.69, 9.17) is 4.42 Å². The zero-order valence-corrected chi connectivity index (χ0v) is 12.7. The van der Waals surface area contributed by atoms with Crippen LogP contribution in [0.5, 0.6) is 0 Å². The zero-order valence-electron chi connectivity index (χ0n) is 11.8. The van der Waals surface area contributed by atoms with Gasteiger partial charge in [0.2, 0.25) is 0 Å². The molecule has 104 valence electrons. The van der Waals surface area contributed by atoms with Crippen molar-refractivity contribution in [3.8, 4) is 0 Å². The molecule has 1 unspecified atom stereocenters. The van der Waals surface area contributed by atoms with Gasteiger partial charge in [-0.25, -0.2) is 0 Å². The van der Waals surface area contributed by atoms with Gasteiger partial charge in [0.05, 0.1) is 12.8 Å². The predicted octanol–water partition coefficient (Wildman–Crippen LogP) is 3.64. The third kappa shape index (κ3) is 3.93. The van der Waals surface area contributed by atoms with Crippen molar-refractivity contribution in [2.45, 2.75) is 33.0 Å². The first-order valence-electron chi connectivity index (χ1n) is 6.71. The molecule has 0 aliphatic heterocycles. The minimum Gasteiger partial charge on any atom is -0.468 e. The normalized spacial score (nSPS) is 13.1. The lowest BCUT2D eigenvalue weighted by Crippen LogP contribution is -2.20. The maximum Gasteiger partial charge on any atom is 0.118 e. The largest absolute Gasteiger partial charge is 0.468 e. The highest BCUT2D eigenvalue weighted by molar-refractivity contribution is 7.10. The number of rotatable bonds is 7. The maximum atomic E-state index is 5.62. The van der Waals surface area contributed by atoms with Crippen LogP contribution < -0.4 is 5.32 Å². The summed E-state index contributed by atoms with van der Waals surface area (Å²) in [5.41, 5.74) is 1.22. The molecule has 0 amide bonds. The quantitative estimate of drug-likeness (QED) is 0.838. The molecule has 19 heavy (non-hydrogen) atoms. The van der Waals surface area contributed by atoms with Crippen LogP contribution in [-0.4, -0.2) is 18.5 Å². The SMILES string of the molecule is CCNCc1coc(CN(C)C(C)c2cccs2)c1. The lowest BCUT2D eigenvalue weighted by Gasteiger charge is -2.22. The molecule has 4 heteroatoms. The van der Waals surface area contributed by atoms with E-state index in [0.717, 1.165) is 25.4 Å². The van der Waals surface area contributed by atoms with Crippen LogP contribution in [0.3, 0.4) is 0 Å². The minimum absolute atomic E-state index is 0.419. The third-order valence-corrected chi connectivity index (χ3v) is 4.35. The Morgan fingerprint density at radius 2 is 2.32 bits per heavy atom. The Kier molecular flexibility index (Phi) is 5.19. The molecule has 1 N–H and O–H groups in total. The van der Waals surface area contributed by atoms with E-state index in [0.29, 0.717) is 6.04 Å². The molecule has 1 atom stereocenters. The van der Waals surface area contributed by atoms with Crippen LogP contribution in [0, 0.1) is 0 Å². The molecular weight excluding hydrogens is 256 g/mol. The van der Waals surface area contributed by atoms with E-state index in [1.807, 2.05) is 6.26 Å². The zero-order chi connectivity index (χ0) is 13.7. The highest BCUT2D eigenvalue weighted by Gasteiger charge is 2.14. The summed E-state index contributed by atoms with van der Waals surface area (Å²) in [5.74, 6) is 1.03. The van der Waals surface area contributed by atoms with E-state index in [1.165, 1.54) is 10.4 Å². The fourth-order valence-corrected chi connectivity index (χ4v) is 2.85. The highest BCUT2D eigenvalue weighted by atomic mass is 32.1. The maximum absolute atomic E-state index is 5.62. The summed E-state index contributed by atoms with van der Waals surface area (Å²) in [7, 11) is 2.14. The first kappa shape index (κ1) is 14.3. The molecule has 0 saturated carbocycles. The van der Waals surface area contributed by atoms with Gasteiger partial charge in [-0.15, -0.1) is 11.3 Å². The van der Waals surface area contributed by atoms with Crippen LogP contribution >= 0.6 is 11.3 Å². The standard InChI is InChI=1S/C15H22N2OS/c1-4-16-9-13-8-14(18-11-13)10-17(3)12(2)15-6-5-7-19-15/h5-8,11-12,16H,4,9-10H2,1-3H3. The summed E-state index contributed by atoms with van der Waals surface area (Å²) in [6.45, 7) is 7.04. The Balaban J connectivity index is 1.91. The van der Waals surface area contributed by atoms with Gasteiger partial charge >= 0.3 is 0 Å². The molecule has 0 spiro atoms. The second-order valence-corrected chi connectivity index (χ2v) is 5.79. The molecule has 2 rings (SSSR count). The van der Waals surface area contributed by atoms with E-state index in [2.05, 4.69) is 54.7 Å². The van der Waals surface area contributed by atoms with Crippen LogP contribution in [0.15, 0.2) is 34.3 Å². The third-order valence-electron chi connectivity index (χ3n) is 3.31. The Labute approximate surface area is 119 Å². The Morgan fingerprint density at radius 1 is 1.47 bits per heavy atom. The summed E-state index contributed by atoms with van der Waals surface area (Å²) in [6.07, 6.45) is 1.85. The summed E-state index contributed by atoms with van der Waals surface area (Å²) < 4.78 is 5.62. The molecule has 2 aromatic heterocycles. The van der Waals surface area contributed by atoms with Crippen LogP contribution in [0.25, 0.3) is 0 Å². The van der Waals surface area contributed by atoms with Crippen molar-refractivity contribution in [1.29, 1.82) is 0 Å². The molecule has 3 nitrogen and oxygen atoms in total. The van der Waals surface area contributed by atoms with Gasteiger partial charge in [0.1, 0.15) is 5.76 Å². The number of hydrogen-bond donors (Lipinski definition) is 1. The molecule has 0 bridgehead atoms. The lowest BCUT2D eigenvalue weighted by molar-refractivity contribution is 0.235. The van der Waals surface area contributed by atoms with Gasteiger partial charge in [0, 0.05) is 23.0 Å². The molecular formula is C15H22N2OS. The molecule has 0 saturated heterocycles. The van der Waals surface area contributed by atoms with Crippen molar-refractivity contribution in [3.05, 3.63) is 46.0 Å².